The zero-order valence-corrected chi connectivity index (χ0v) is 12.4. The second-order valence-electron chi connectivity index (χ2n) is 5.27. The number of carbonyl (C=O) groups is 3. The summed E-state index contributed by atoms with van der Waals surface area (Å²) in [7, 11) is 0. The smallest absolute Gasteiger partial charge is 0.261 e. The van der Waals surface area contributed by atoms with Crippen molar-refractivity contribution < 1.29 is 14.4 Å². The summed E-state index contributed by atoms with van der Waals surface area (Å²) in [6, 6.07) is 17.7. The van der Waals surface area contributed by atoms with E-state index in [4.69, 9.17) is 0 Å². The SMILES string of the molecule is O=C(CCC1=CC(=O)N(c2ccccc2)C1=O)c1ccccc1. The summed E-state index contributed by atoms with van der Waals surface area (Å²) in [6.07, 6.45) is 1.80. The molecule has 0 fully saturated rings. The van der Waals surface area contributed by atoms with E-state index in [0.717, 1.165) is 4.90 Å². The number of imide groups is 1. The van der Waals surface area contributed by atoms with Crippen LogP contribution in [0.3, 0.4) is 0 Å². The average Bonchev–Trinajstić information content (AvgIpc) is 2.88. The second kappa shape index (κ2) is 6.40. The fourth-order valence-corrected chi connectivity index (χ4v) is 2.54. The van der Waals surface area contributed by atoms with Gasteiger partial charge in [0.15, 0.2) is 5.78 Å². The maximum atomic E-state index is 12.4. The summed E-state index contributed by atoms with van der Waals surface area (Å²) in [5.74, 6) is -0.740. The van der Waals surface area contributed by atoms with Crippen LogP contribution >= 0.6 is 0 Å². The fraction of sp³-hybridized carbons (Fsp3) is 0.105. The summed E-state index contributed by atoms with van der Waals surface area (Å²) in [4.78, 5) is 37.7. The molecule has 0 saturated heterocycles. The maximum absolute atomic E-state index is 12.4. The Morgan fingerprint density at radius 1 is 0.870 bits per heavy atom. The predicted octanol–water partition coefficient (Wildman–Crippen LogP) is 3.15. The molecule has 2 amide bonds. The fourth-order valence-electron chi connectivity index (χ4n) is 2.54. The Hall–Kier alpha value is -3.01. The maximum Gasteiger partial charge on any atom is 0.261 e. The van der Waals surface area contributed by atoms with Gasteiger partial charge in [0.05, 0.1) is 5.69 Å². The van der Waals surface area contributed by atoms with Crippen LogP contribution < -0.4 is 4.90 Å². The van der Waals surface area contributed by atoms with Gasteiger partial charge in [-0.25, -0.2) is 4.90 Å². The molecule has 1 aliphatic heterocycles. The highest BCUT2D eigenvalue weighted by atomic mass is 16.2. The Bertz CT molecular complexity index is 779. The lowest BCUT2D eigenvalue weighted by Crippen LogP contribution is -2.30. The third-order valence-electron chi connectivity index (χ3n) is 3.73. The third-order valence-corrected chi connectivity index (χ3v) is 3.73. The highest BCUT2D eigenvalue weighted by molar-refractivity contribution is 6.30. The van der Waals surface area contributed by atoms with E-state index in [1.165, 1.54) is 6.08 Å². The molecule has 0 aromatic heterocycles. The normalized spacial score (nSPS) is 14.1. The van der Waals surface area contributed by atoms with Crippen molar-refractivity contribution in [1.82, 2.24) is 0 Å². The van der Waals surface area contributed by atoms with Crippen LogP contribution in [0.4, 0.5) is 5.69 Å². The second-order valence-corrected chi connectivity index (χ2v) is 5.27. The number of amides is 2. The molecule has 0 atom stereocenters. The molecule has 0 aliphatic carbocycles. The van der Waals surface area contributed by atoms with E-state index >= 15 is 0 Å². The summed E-state index contributed by atoms with van der Waals surface area (Å²) in [6.45, 7) is 0. The van der Waals surface area contributed by atoms with E-state index in [0.29, 0.717) is 16.8 Å². The zero-order valence-electron chi connectivity index (χ0n) is 12.4. The van der Waals surface area contributed by atoms with Crippen LogP contribution in [0.25, 0.3) is 0 Å². The first-order chi connectivity index (χ1) is 11.2. The van der Waals surface area contributed by atoms with Crippen LogP contribution in [-0.4, -0.2) is 17.6 Å². The number of para-hydroxylation sites is 1. The topological polar surface area (TPSA) is 54.5 Å². The van der Waals surface area contributed by atoms with E-state index in [1.54, 1.807) is 48.5 Å². The van der Waals surface area contributed by atoms with Gasteiger partial charge >= 0.3 is 0 Å². The lowest BCUT2D eigenvalue weighted by molar-refractivity contribution is -0.120. The van der Waals surface area contributed by atoms with Gasteiger partial charge in [0, 0.05) is 23.6 Å². The Morgan fingerprint density at radius 3 is 2.13 bits per heavy atom. The van der Waals surface area contributed by atoms with Crippen LogP contribution in [0, 0.1) is 0 Å². The van der Waals surface area contributed by atoms with Crippen molar-refractivity contribution in [2.45, 2.75) is 12.8 Å². The molecule has 0 radical (unpaired) electrons. The molecule has 114 valence electrons. The van der Waals surface area contributed by atoms with Crippen molar-refractivity contribution in [3.63, 3.8) is 0 Å². The molecule has 0 unspecified atom stereocenters. The number of carbonyl (C=O) groups excluding carboxylic acids is 3. The number of nitrogens with zero attached hydrogens (tertiary/aromatic N) is 1. The molecule has 1 aliphatic rings. The van der Waals surface area contributed by atoms with Crippen molar-refractivity contribution in [1.29, 1.82) is 0 Å². The predicted molar refractivity (Wildman–Crippen MR) is 87.0 cm³/mol. The minimum atomic E-state index is -0.358. The van der Waals surface area contributed by atoms with Gasteiger partial charge in [-0.05, 0) is 18.6 Å². The average molecular weight is 305 g/mol. The molecule has 23 heavy (non-hydrogen) atoms. The minimum absolute atomic E-state index is 0.0371. The molecule has 0 N–H and O–H groups in total. The van der Waals surface area contributed by atoms with Gasteiger partial charge in [-0.15, -0.1) is 0 Å². The molecule has 4 nitrogen and oxygen atoms in total. The van der Waals surface area contributed by atoms with Crippen molar-refractivity contribution in [3.8, 4) is 0 Å². The van der Waals surface area contributed by atoms with Crippen LogP contribution in [0.2, 0.25) is 0 Å². The van der Waals surface area contributed by atoms with Crippen LogP contribution in [0.15, 0.2) is 72.3 Å². The van der Waals surface area contributed by atoms with Gasteiger partial charge in [-0.3, -0.25) is 14.4 Å². The Kier molecular flexibility index (Phi) is 4.15. The van der Waals surface area contributed by atoms with Crippen LogP contribution in [-0.2, 0) is 9.59 Å². The largest absolute Gasteiger partial charge is 0.294 e. The molecule has 3 rings (SSSR count). The number of rotatable bonds is 5. The van der Waals surface area contributed by atoms with Crippen molar-refractivity contribution in [2.24, 2.45) is 0 Å². The van der Waals surface area contributed by atoms with Gasteiger partial charge in [0.1, 0.15) is 0 Å². The zero-order chi connectivity index (χ0) is 16.2. The quantitative estimate of drug-likeness (QED) is 0.630. The van der Waals surface area contributed by atoms with Gasteiger partial charge in [-0.2, -0.15) is 0 Å². The van der Waals surface area contributed by atoms with Gasteiger partial charge in [0.25, 0.3) is 11.8 Å². The summed E-state index contributed by atoms with van der Waals surface area (Å²) in [5.41, 5.74) is 1.54. The first-order valence-electron chi connectivity index (χ1n) is 7.39. The molecule has 2 aromatic carbocycles. The Labute approximate surface area is 134 Å². The molecule has 0 bridgehead atoms. The molecule has 4 heteroatoms. The van der Waals surface area contributed by atoms with E-state index in [1.807, 2.05) is 12.1 Å². The monoisotopic (exact) mass is 305 g/mol. The standard InChI is InChI=1S/C19H15NO3/c21-17(14-7-3-1-4-8-14)12-11-15-13-18(22)20(19(15)23)16-9-5-2-6-10-16/h1-10,13H,11-12H2. The van der Waals surface area contributed by atoms with Gasteiger partial charge in [-0.1, -0.05) is 48.5 Å². The minimum Gasteiger partial charge on any atom is -0.294 e. The summed E-state index contributed by atoms with van der Waals surface area (Å²) >= 11 is 0. The summed E-state index contributed by atoms with van der Waals surface area (Å²) in [5, 5.41) is 0. The van der Waals surface area contributed by atoms with Crippen molar-refractivity contribution in [2.75, 3.05) is 4.90 Å². The van der Waals surface area contributed by atoms with E-state index < -0.39 is 0 Å². The number of hydrogen-bond donors (Lipinski definition) is 0. The Balaban J connectivity index is 1.68. The number of anilines is 1. The first kappa shape index (κ1) is 14.9. The Morgan fingerprint density at radius 2 is 1.48 bits per heavy atom. The molecule has 0 saturated carbocycles. The van der Waals surface area contributed by atoms with E-state index in [2.05, 4.69) is 0 Å². The lowest BCUT2D eigenvalue weighted by Gasteiger charge is -2.14. The van der Waals surface area contributed by atoms with Crippen LogP contribution in [0.1, 0.15) is 23.2 Å². The van der Waals surface area contributed by atoms with Crippen molar-refractivity contribution in [3.05, 3.63) is 77.9 Å². The number of hydrogen-bond acceptors (Lipinski definition) is 3. The summed E-state index contributed by atoms with van der Waals surface area (Å²) < 4.78 is 0. The van der Waals surface area contributed by atoms with Crippen LogP contribution in [0.5, 0.6) is 0 Å². The highest BCUT2D eigenvalue weighted by Gasteiger charge is 2.31. The molecular weight excluding hydrogens is 290 g/mol. The van der Waals surface area contributed by atoms with E-state index in [-0.39, 0.29) is 30.4 Å². The number of ketones is 1. The highest BCUT2D eigenvalue weighted by Crippen LogP contribution is 2.24. The number of benzene rings is 2. The first-order valence-corrected chi connectivity index (χ1v) is 7.39. The number of Topliss-reactive ketones (excluding diaryl/α,β-unsaturated/α-hetero) is 1. The lowest BCUT2D eigenvalue weighted by atomic mass is 10.0. The molecule has 0 spiro atoms. The third kappa shape index (κ3) is 3.11. The molecule has 2 aromatic rings. The molecular formula is C19H15NO3. The van der Waals surface area contributed by atoms with Gasteiger partial charge in [0.2, 0.25) is 0 Å². The molecule has 1 heterocycles. The van der Waals surface area contributed by atoms with Gasteiger partial charge < -0.3 is 0 Å². The van der Waals surface area contributed by atoms with E-state index in [9.17, 15) is 14.4 Å². The van der Waals surface area contributed by atoms with Crippen molar-refractivity contribution >= 4 is 23.3 Å².